The highest BCUT2D eigenvalue weighted by Gasteiger charge is 2.19. The van der Waals surface area contributed by atoms with Crippen LogP contribution in [0.5, 0.6) is 0 Å². The van der Waals surface area contributed by atoms with Crippen LogP contribution < -0.4 is 11.1 Å². The molecule has 9 heteroatoms. The third-order valence-corrected chi connectivity index (χ3v) is 4.92. The molecular weight excluding hydrogens is 338 g/mol. The van der Waals surface area contributed by atoms with Gasteiger partial charge in [0.1, 0.15) is 5.01 Å². The van der Waals surface area contributed by atoms with Crippen LogP contribution in [-0.4, -0.2) is 29.4 Å². The molecule has 0 saturated heterocycles. The Balaban J connectivity index is 2.03. The van der Waals surface area contributed by atoms with Gasteiger partial charge in [0.2, 0.25) is 0 Å². The average molecular weight is 353 g/mol. The second-order valence-electron chi connectivity index (χ2n) is 4.51. The van der Waals surface area contributed by atoms with E-state index in [9.17, 15) is 14.4 Å². The second kappa shape index (κ2) is 7.34. The van der Waals surface area contributed by atoms with Crippen molar-refractivity contribution in [3.05, 3.63) is 38.0 Å². The molecular formula is C14H15N3O4S2. The van der Waals surface area contributed by atoms with Gasteiger partial charge in [0.05, 0.1) is 22.4 Å². The molecule has 0 fully saturated rings. The normalized spacial score (nSPS) is 11.7. The van der Waals surface area contributed by atoms with E-state index in [1.165, 1.54) is 17.4 Å². The molecule has 0 aliphatic carbocycles. The van der Waals surface area contributed by atoms with E-state index in [-0.39, 0.29) is 24.2 Å². The summed E-state index contributed by atoms with van der Waals surface area (Å²) < 4.78 is 4.87. The van der Waals surface area contributed by atoms with Crippen LogP contribution in [0.3, 0.4) is 0 Å². The molecule has 2 rings (SSSR count). The van der Waals surface area contributed by atoms with Crippen molar-refractivity contribution in [3.63, 3.8) is 0 Å². The van der Waals surface area contributed by atoms with E-state index in [2.05, 4.69) is 10.3 Å². The first-order valence-electron chi connectivity index (χ1n) is 6.75. The second-order valence-corrected chi connectivity index (χ2v) is 6.49. The topological polar surface area (TPSA) is 111 Å². The third-order valence-electron chi connectivity index (χ3n) is 2.80. The number of nitrogens with two attached hydrogens (primary N) is 1. The predicted octanol–water partition coefficient (Wildman–Crippen LogP) is 1.97. The standard InChI is InChI=1S/C14H15N3O4S2/c1-3-21-14(20)8-6-22-13(17-8)7(2)16-12(19)10-5-4-9(23-10)11(15)18/h4-7H,3H2,1-2H3,(H2,15,18)(H,16,19). The molecule has 122 valence electrons. The molecule has 0 aliphatic heterocycles. The Hall–Kier alpha value is -2.26. The number of thiophene rings is 1. The minimum absolute atomic E-state index is 0.222. The van der Waals surface area contributed by atoms with Crippen LogP contribution in [0, 0.1) is 0 Å². The molecule has 0 spiro atoms. The van der Waals surface area contributed by atoms with Crippen molar-refractivity contribution < 1.29 is 19.1 Å². The van der Waals surface area contributed by atoms with Gasteiger partial charge in [-0.15, -0.1) is 22.7 Å². The van der Waals surface area contributed by atoms with Crippen molar-refractivity contribution in [3.8, 4) is 0 Å². The van der Waals surface area contributed by atoms with E-state index in [1.807, 2.05) is 0 Å². The van der Waals surface area contributed by atoms with Crippen LogP contribution in [0.1, 0.15) is 54.7 Å². The number of hydrogen-bond acceptors (Lipinski definition) is 7. The summed E-state index contributed by atoms with van der Waals surface area (Å²) in [4.78, 5) is 39.6. The minimum Gasteiger partial charge on any atom is -0.461 e. The lowest BCUT2D eigenvalue weighted by atomic mass is 10.3. The first-order chi connectivity index (χ1) is 10.9. The molecule has 0 saturated carbocycles. The van der Waals surface area contributed by atoms with Gasteiger partial charge in [0, 0.05) is 5.38 Å². The SMILES string of the molecule is CCOC(=O)c1csc(C(C)NC(=O)c2ccc(C(N)=O)s2)n1. The maximum absolute atomic E-state index is 12.1. The van der Waals surface area contributed by atoms with E-state index in [0.29, 0.717) is 14.8 Å². The summed E-state index contributed by atoms with van der Waals surface area (Å²) in [6.07, 6.45) is 0. The monoisotopic (exact) mass is 353 g/mol. The van der Waals surface area contributed by atoms with Gasteiger partial charge in [0.25, 0.3) is 11.8 Å². The van der Waals surface area contributed by atoms with Crippen molar-refractivity contribution in [1.82, 2.24) is 10.3 Å². The molecule has 23 heavy (non-hydrogen) atoms. The van der Waals surface area contributed by atoms with Crippen molar-refractivity contribution >= 4 is 40.5 Å². The van der Waals surface area contributed by atoms with Crippen LogP contribution in [0.2, 0.25) is 0 Å². The summed E-state index contributed by atoms with van der Waals surface area (Å²) >= 11 is 2.29. The maximum atomic E-state index is 12.1. The number of carbonyl (C=O) groups is 3. The predicted molar refractivity (Wildman–Crippen MR) is 86.8 cm³/mol. The van der Waals surface area contributed by atoms with Gasteiger partial charge in [-0.05, 0) is 26.0 Å². The summed E-state index contributed by atoms with van der Waals surface area (Å²) in [5.74, 6) is -1.39. The Morgan fingerprint density at radius 3 is 2.65 bits per heavy atom. The highest BCUT2D eigenvalue weighted by atomic mass is 32.1. The van der Waals surface area contributed by atoms with E-state index in [0.717, 1.165) is 11.3 Å². The van der Waals surface area contributed by atoms with Crippen LogP contribution >= 0.6 is 22.7 Å². The number of aromatic nitrogens is 1. The molecule has 3 N–H and O–H groups in total. The Bertz CT molecular complexity index is 738. The molecule has 0 radical (unpaired) electrons. The zero-order valence-corrected chi connectivity index (χ0v) is 14.1. The zero-order chi connectivity index (χ0) is 17.0. The first-order valence-corrected chi connectivity index (χ1v) is 8.45. The molecule has 2 aromatic heterocycles. The van der Waals surface area contributed by atoms with Gasteiger partial charge in [-0.1, -0.05) is 0 Å². The molecule has 2 aromatic rings. The van der Waals surface area contributed by atoms with Crippen molar-refractivity contribution in [2.24, 2.45) is 5.73 Å². The maximum Gasteiger partial charge on any atom is 0.357 e. The fourth-order valence-electron chi connectivity index (χ4n) is 1.71. The van der Waals surface area contributed by atoms with Gasteiger partial charge in [-0.3, -0.25) is 9.59 Å². The van der Waals surface area contributed by atoms with Crippen molar-refractivity contribution in [2.45, 2.75) is 19.9 Å². The Labute approximate surface area is 140 Å². The number of amides is 2. The number of nitrogens with zero attached hydrogens (tertiary/aromatic N) is 1. The lowest BCUT2D eigenvalue weighted by Gasteiger charge is -2.09. The van der Waals surface area contributed by atoms with Crippen LogP contribution in [-0.2, 0) is 4.74 Å². The Kier molecular flexibility index (Phi) is 5.45. The highest BCUT2D eigenvalue weighted by Crippen LogP contribution is 2.21. The number of hydrogen-bond donors (Lipinski definition) is 2. The summed E-state index contributed by atoms with van der Waals surface area (Å²) in [5, 5.41) is 4.94. The lowest BCUT2D eigenvalue weighted by Crippen LogP contribution is -2.26. The molecule has 0 aromatic carbocycles. The summed E-state index contributed by atoms with van der Waals surface area (Å²) in [5.41, 5.74) is 5.39. The fourth-order valence-corrected chi connectivity index (χ4v) is 3.26. The van der Waals surface area contributed by atoms with Gasteiger partial charge in [-0.25, -0.2) is 9.78 Å². The number of thiazole rings is 1. The highest BCUT2D eigenvalue weighted by molar-refractivity contribution is 7.16. The molecule has 1 unspecified atom stereocenters. The van der Waals surface area contributed by atoms with Crippen molar-refractivity contribution in [1.29, 1.82) is 0 Å². The fraction of sp³-hybridized carbons (Fsp3) is 0.286. The minimum atomic E-state index is -0.568. The number of ether oxygens (including phenoxy) is 1. The van der Waals surface area contributed by atoms with E-state index < -0.39 is 11.9 Å². The number of rotatable bonds is 6. The van der Waals surface area contributed by atoms with Gasteiger partial charge in [0.15, 0.2) is 5.69 Å². The van der Waals surface area contributed by atoms with Gasteiger partial charge < -0.3 is 15.8 Å². The number of carbonyl (C=O) groups excluding carboxylic acids is 3. The quantitative estimate of drug-likeness (QED) is 0.771. The van der Waals surface area contributed by atoms with Crippen LogP contribution in [0.4, 0.5) is 0 Å². The molecule has 2 amide bonds. The van der Waals surface area contributed by atoms with E-state index >= 15 is 0 Å². The number of primary amides is 1. The van der Waals surface area contributed by atoms with E-state index in [4.69, 9.17) is 10.5 Å². The first kappa shape index (κ1) is 17.1. The molecule has 2 heterocycles. The van der Waals surface area contributed by atoms with Crippen molar-refractivity contribution in [2.75, 3.05) is 6.61 Å². The summed E-state index contributed by atoms with van der Waals surface area (Å²) in [6, 6.07) is 2.67. The van der Waals surface area contributed by atoms with Gasteiger partial charge >= 0.3 is 5.97 Å². The molecule has 0 bridgehead atoms. The third kappa shape index (κ3) is 4.14. The van der Waals surface area contributed by atoms with Gasteiger partial charge in [-0.2, -0.15) is 0 Å². The molecule has 0 aliphatic rings. The smallest absolute Gasteiger partial charge is 0.357 e. The van der Waals surface area contributed by atoms with Crippen LogP contribution in [0.15, 0.2) is 17.5 Å². The molecule has 1 atom stereocenters. The zero-order valence-electron chi connectivity index (χ0n) is 12.5. The lowest BCUT2D eigenvalue weighted by molar-refractivity contribution is 0.0520. The van der Waals surface area contributed by atoms with E-state index in [1.54, 1.807) is 25.3 Å². The Morgan fingerprint density at radius 1 is 1.35 bits per heavy atom. The average Bonchev–Trinajstić information content (AvgIpc) is 3.17. The summed E-state index contributed by atoms with van der Waals surface area (Å²) in [6.45, 7) is 3.75. The largest absolute Gasteiger partial charge is 0.461 e. The molecule has 7 nitrogen and oxygen atoms in total. The Morgan fingerprint density at radius 2 is 2.04 bits per heavy atom. The number of esters is 1. The summed E-state index contributed by atoms with van der Waals surface area (Å²) in [7, 11) is 0. The van der Waals surface area contributed by atoms with Crippen LogP contribution in [0.25, 0.3) is 0 Å². The number of nitrogens with one attached hydrogen (secondary N) is 1.